The molecule has 25 heavy (non-hydrogen) atoms. The van der Waals surface area contributed by atoms with Crippen LogP contribution in [0.1, 0.15) is 83.0 Å². The van der Waals surface area contributed by atoms with E-state index in [1.54, 1.807) is 0 Å². The largest absolute Gasteiger partial charge is 0.481 e. The predicted molar refractivity (Wildman–Crippen MR) is 110 cm³/mol. The van der Waals surface area contributed by atoms with Crippen LogP contribution in [0.15, 0.2) is 30.3 Å². The maximum atomic E-state index is 11.6. The minimum absolute atomic E-state index is 0.0402. The molecule has 0 fully saturated rings. The Balaban J connectivity index is 2.67. The molecule has 0 heterocycles. The lowest BCUT2D eigenvalue weighted by Crippen LogP contribution is -2.18. The molecule has 3 unspecified atom stereocenters. The number of benzene rings is 1. The molecule has 0 saturated heterocycles. The van der Waals surface area contributed by atoms with Gasteiger partial charge in [0.15, 0.2) is 0 Å². The van der Waals surface area contributed by atoms with Gasteiger partial charge in [-0.15, -0.1) is 0 Å². The van der Waals surface area contributed by atoms with Gasteiger partial charge in [0.05, 0.1) is 5.92 Å². The van der Waals surface area contributed by atoms with E-state index in [0.717, 1.165) is 11.3 Å². The summed E-state index contributed by atoms with van der Waals surface area (Å²) in [5.74, 6) is 0.728. The van der Waals surface area contributed by atoms with Gasteiger partial charge in [0.25, 0.3) is 0 Å². The number of carboxylic acids is 1. The van der Waals surface area contributed by atoms with Crippen molar-refractivity contribution in [2.24, 2.45) is 11.8 Å². The number of hydrogen-bond donors (Lipinski definition) is 1. The Morgan fingerprint density at radius 3 is 2.24 bits per heavy atom. The van der Waals surface area contributed by atoms with E-state index in [2.05, 4.69) is 26.0 Å². The summed E-state index contributed by atoms with van der Waals surface area (Å²) in [5.41, 5.74) is 1.14. The van der Waals surface area contributed by atoms with Gasteiger partial charge in [-0.3, -0.25) is 4.79 Å². The minimum atomic E-state index is -0.700. The minimum Gasteiger partial charge on any atom is -0.481 e. The Morgan fingerprint density at radius 1 is 1.00 bits per heavy atom. The van der Waals surface area contributed by atoms with E-state index in [-0.39, 0.29) is 11.2 Å². The lowest BCUT2D eigenvalue weighted by Gasteiger charge is -2.24. The molecule has 3 atom stereocenters. The van der Waals surface area contributed by atoms with Crippen molar-refractivity contribution >= 4 is 17.7 Å². The summed E-state index contributed by atoms with van der Waals surface area (Å²) in [5, 5.41) is 9.55. The maximum Gasteiger partial charge on any atom is 0.307 e. The monoisotopic (exact) mass is 364 g/mol. The van der Waals surface area contributed by atoms with Crippen LogP contribution >= 0.6 is 11.8 Å². The topological polar surface area (TPSA) is 37.3 Å². The average Bonchev–Trinajstić information content (AvgIpc) is 2.63. The molecule has 1 rings (SSSR count). The molecule has 0 amide bonds. The second kappa shape index (κ2) is 13.3. The van der Waals surface area contributed by atoms with E-state index >= 15 is 0 Å². The van der Waals surface area contributed by atoms with Crippen LogP contribution in [-0.2, 0) is 4.79 Å². The Labute approximate surface area is 158 Å². The van der Waals surface area contributed by atoms with E-state index in [1.807, 2.05) is 36.9 Å². The second-order valence-electron chi connectivity index (χ2n) is 7.15. The van der Waals surface area contributed by atoms with Gasteiger partial charge in [0, 0.05) is 5.25 Å². The molecule has 3 heteroatoms. The molecular weight excluding hydrogens is 328 g/mol. The highest BCUT2D eigenvalue weighted by Gasteiger charge is 2.26. The van der Waals surface area contributed by atoms with Gasteiger partial charge < -0.3 is 5.11 Å². The molecule has 1 aromatic carbocycles. The molecule has 2 nitrogen and oxygen atoms in total. The zero-order valence-electron chi connectivity index (χ0n) is 16.2. The quantitative estimate of drug-likeness (QED) is 0.363. The molecule has 0 bridgehead atoms. The van der Waals surface area contributed by atoms with Gasteiger partial charge in [0.2, 0.25) is 0 Å². The number of rotatable bonds is 14. The van der Waals surface area contributed by atoms with Crippen molar-refractivity contribution in [2.75, 3.05) is 5.75 Å². The first kappa shape index (κ1) is 22.1. The molecule has 1 N–H and O–H groups in total. The highest BCUT2D eigenvalue weighted by molar-refractivity contribution is 7.99. The molecule has 0 aliphatic carbocycles. The Morgan fingerprint density at radius 2 is 1.64 bits per heavy atom. The Kier molecular flexibility index (Phi) is 11.7. The normalized spacial score (nSPS) is 14.8. The van der Waals surface area contributed by atoms with E-state index in [9.17, 15) is 9.90 Å². The third kappa shape index (κ3) is 8.80. The van der Waals surface area contributed by atoms with Crippen LogP contribution < -0.4 is 0 Å². The molecular formula is C22H36O2S. The van der Waals surface area contributed by atoms with Crippen molar-refractivity contribution in [3.63, 3.8) is 0 Å². The molecule has 142 valence electrons. The molecule has 0 aromatic heterocycles. The van der Waals surface area contributed by atoms with Crippen LogP contribution in [0, 0.1) is 11.8 Å². The maximum absolute atomic E-state index is 11.6. The van der Waals surface area contributed by atoms with Crippen molar-refractivity contribution in [2.45, 2.75) is 77.4 Å². The first-order valence-electron chi connectivity index (χ1n) is 9.99. The summed E-state index contributed by atoms with van der Waals surface area (Å²) in [7, 11) is 0. The predicted octanol–water partition coefficient (Wildman–Crippen LogP) is 6.96. The highest BCUT2D eigenvalue weighted by Crippen LogP contribution is 2.38. The SMILES string of the molecule is CCCCCCC(CCCC)CSC(c1ccccc1)C(C)C(=O)O. The number of aliphatic carboxylic acids is 1. The summed E-state index contributed by atoms with van der Waals surface area (Å²) >= 11 is 1.85. The zero-order valence-corrected chi connectivity index (χ0v) is 17.1. The lowest BCUT2D eigenvalue weighted by atomic mass is 9.97. The standard InChI is InChI=1S/C22H36O2S/c1-4-6-8-10-14-19(13-7-5-2)17-25-21(18(3)22(23)24)20-15-11-9-12-16-20/h9,11-12,15-16,18-19,21H,4-8,10,13-14,17H2,1-3H3,(H,23,24). The Bertz CT molecular complexity index is 460. The summed E-state index contributed by atoms with van der Waals surface area (Å²) in [6.07, 6.45) is 10.3. The van der Waals surface area contributed by atoms with Gasteiger partial charge in [-0.1, -0.05) is 89.6 Å². The van der Waals surface area contributed by atoms with E-state index in [0.29, 0.717) is 5.92 Å². The Hall–Kier alpha value is -0.960. The number of carboxylic acid groups (broad SMARTS) is 1. The summed E-state index contributed by atoms with van der Waals surface area (Å²) in [6, 6.07) is 10.2. The molecule has 0 spiro atoms. The number of unbranched alkanes of at least 4 members (excludes halogenated alkanes) is 4. The van der Waals surface area contributed by atoms with Crippen LogP contribution in [0.4, 0.5) is 0 Å². The van der Waals surface area contributed by atoms with E-state index in [4.69, 9.17) is 0 Å². The highest BCUT2D eigenvalue weighted by atomic mass is 32.2. The smallest absolute Gasteiger partial charge is 0.307 e. The van der Waals surface area contributed by atoms with E-state index < -0.39 is 5.97 Å². The van der Waals surface area contributed by atoms with Crippen molar-refractivity contribution in [1.82, 2.24) is 0 Å². The van der Waals surface area contributed by atoms with Crippen molar-refractivity contribution < 1.29 is 9.90 Å². The number of hydrogen-bond acceptors (Lipinski definition) is 2. The number of thioether (sulfide) groups is 1. The summed E-state index contributed by atoms with van der Waals surface area (Å²) in [4.78, 5) is 11.6. The van der Waals surface area contributed by atoms with Crippen LogP contribution in [0.2, 0.25) is 0 Å². The van der Waals surface area contributed by atoms with Crippen LogP contribution in [-0.4, -0.2) is 16.8 Å². The van der Waals surface area contributed by atoms with Crippen LogP contribution in [0.3, 0.4) is 0 Å². The molecule has 0 aliphatic rings. The summed E-state index contributed by atoms with van der Waals surface area (Å²) < 4.78 is 0. The van der Waals surface area contributed by atoms with Crippen molar-refractivity contribution in [1.29, 1.82) is 0 Å². The van der Waals surface area contributed by atoms with E-state index in [1.165, 1.54) is 51.4 Å². The van der Waals surface area contributed by atoms with Crippen LogP contribution in [0.5, 0.6) is 0 Å². The zero-order chi connectivity index (χ0) is 18.5. The molecule has 0 saturated carbocycles. The van der Waals surface area contributed by atoms with Crippen molar-refractivity contribution in [3.05, 3.63) is 35.9 Å². The van der Waals surface area contributed by atoms with Gasteiger partial charge in [0.1, 0.15) is 0 Å². The molecule has 0 aliphatic heterocycles. The fourth-order valence-corrected chi connectivity index (χ4v) is 4.77. The fourth-order valence-electron chi connectivity index (χ4n) is 3.20. The molecule has 1 aromatic rings. The second-order valence-corrected chi connectivity index (χ2v) is 8.32. The first-order valence-corrected chi connectivity index (χ1v) is 11.0. The number of carbonyl (C=O) groups is 1. The third-order valence-corrected chi connectivity index (χ3v) is 6.62. The molecule has 0 radical (unpaired) electrons. The average molecular weight is 365 g/mol. The summed E-state index contributed by atoms with van der Waals surface area (Å²) in [6.45, 7) is 6.35. The fraction of sp³-hybridized carbons (Fsp3) is 0.682. The van der Waals surface area contributed by atoms with Crippen molar-refractivity contribution in [3.8, 4) is 0 Å². The van der Waals surface area contributed by atoms with Gasteiger partial charge in [-0.25, -0.2) is 0 Å². The van der Waals surface area contributed by atoms with Crippen LogP contribution in [0.25, 0.3) is 0 Å². The van der Waals surface area contributed by atoms with Gasteiger partial charge >= 0.3 is 5.97 Å². The third-order valence-electron chi connectivity index (χ3n) is 4.92. The van der Waals surface area contributed by atoms with Gasteiger partial charge in [-0.2, -0.15) is 11.8 Å². The first-order chi connectivity index (χ1) is 12.1. The lowest BCUT2D eigenvalue weighted by molar-refractivity contribution is -0.141. The van der Waals surface area contributed by atoms with Gasteiger partial charge in [-0.05, 0) is 30.1 Å².